The summed E-state index contributed by atoms with van der Waals surface area (Å²) in [6.07, 6.45) is 3.87. The molecule has 0 aromatic heterocycles. The van der Waals surface area contributed by atoms with Gasteiger partial charge in [-0.2, -0.15) is 0 Å². The zero-order chi connectivity index (χ0) is 28.6. The maximum Gasteiger partial charge on any atom is 0.294 e. The first-order valence-corrected chi connectivity index (χ1v) is 14.4. The van der Waals surface area contributed by atoms with Gasteiger partial charge in [0.15, 0.2) is 11.5 Å². The van der Waals surface area contributed by atoms with E-state index in [0.29, 0.717) is 51.9 Å². The maximum atomic E-state index is 13.1. The van der Waals surface area contributed by atoms with Gasteiger partial charge in [0.25, 0.3) is 11.1 Å². The summed E-state index contributed by atoms with van der Waals surface area (Å²) >= 11 is 10.1. The normalized spacial score (nSPS) is 14.0. The molecule has 1 aliphatic heterocycles. The summed E-state index contributed by atoms with van der Waals surface area (Å²) in [5.41, 5.74) is 2.96. The third-order valence-corrected chi connectivity index (χ3v) is 7.59. The number of rotatable bonds is 11. The number of benzene rings is 3. The SMILES string of the molecule is C=CCc1cc(/C=C2\SC(=O)N(CC(=O)Nc3ccccc3Br)C2=O)cc(OCC)c1OCc1ccc(Cl)cc1. The molecule has 3 amide bonds. The minimum atomic E-state index is -0.538. The van der Waals surface area contributed by atoms with Crippen molar-refractivity contribution >= 4 is 68.1 Å². The molecule has 0 spiro atoms. The fourth-order valence-electron chi connectivity index (χ4n) is 3.92. The Morgan fingerprint density at radius 1 is 1.12 bits per heavy atom. The van der Waals surface area contributed by atoms with E-state index < -0.39 is 23.6 Å². The lowest BCUT2D eigenvalue weighted by Crippen LogP contribution is -2.36. The summed E-state index contributed by atoms with van der Waals surface area (Å²) in [5, 5.41) is 2.84. The highest BCUT2D eigenvalue weighted by Gasteiger charge is 2.36. The molecule has 40 heavy (non-hydrogen) atoms. The average Bonchev–Trinajstić information content (AvgIpc) is 3.18. The van der Waals surface area contributed by atoms with Crippen molar-refractivity contribution in [2.75, 3.05) is 18.5 Å². The molecule has 0 radical (unpaired) electrons. The highest BCUT2D eigenvalue weighted by atomic mass is 79.9. The van der Waals surface area contributed by atoms with Crippen molar-refractivity contribution in [3.8, 4) is 11.5 Å². The number of hydrogen-bond donors (Lipinski definition) is 1. The minimum Gasteiger partial charge on any atom is -0.490 e. The molecule has 1 fully saturated rings. The molecule has 4 rings (SSSR count). The highest BCUT2D eigenvalue weighted by Crippen LogP contribution is 2.38. The largest absolute Gasteiger partial charge is 0.490 e. The van der Waals surface area contributed by atoms with Crippen LogP contribution >= 0.6 is 39.3 Å². The number of nitrogens with zero attached hydrogens (tertiary/aromatic N) is 1. The van der Waals surface area contributed by atoms with Gasteiger partial charge in [-0.3, -0.25) is 19.3 Å². The third kappa shape index (κ3) is 7.35. The molecule has 3 aromatic carbocycles. The van der Waals surface area contributed by atoms with E-state index in [-0.39, 0.29) is 4.91 Å². The van der Waals surface area contributed by atoms with Crippen molar-refractivity contribution < 1.29 is 23.9 Å². The monoisotopic (exact) mass is 640 g/mol. The van der Waals surface area contributed by atoms with Crippen LogP contribution < -0.4 is 14.8 Å². The molecule has 1 N–H and O–H groups in total. The second-order valence-corrected chi connectivity index (χ2v) is 10.9. The molecular formula is C30H26BrClN2O5S. The number of halogens is 2. The first kappa shape index (κ1) is 29.5. The Kier molecular flexibility index (Phi) is 10.1. The molecular weight excluding hydrogens is 616 g/mol. The van der Waals surface area contributed by atoms with E-state index in [2.05, 4.69) is 27.8 Å². The van der Waals surface area contributed by atoms with Crippen LogP contribution in [0.3, 0.4) is 0 Å². The van der Waals surface area contributed by atoms with Gasteiger partial charge in [0.1, 0.15) is 13.2 Å². The van der Waals surface area contributed by atoms with E-state index >= 15 is 0 Å². The van der Waals surface area contributed by atoms with Crippen LogP contribution in [0.4, 0.5) is 10.5 Å². The molecule has 0 unspecified atom stereocenters. The number of hydrogen-bond acceptors (Lipinski definition) is 6. The lowest BCUT2D eigenvalue weighted by atomic mass is 10.0. The molecule has 206 valence electrons. The Hall–Kier alpha value is -3.53. The standard InChI is InChI=1S/C30H26BrClN2O5S/c1-3-7-21-14-20(15-25(38-4-2)28(21)39-18-19-10-12-22(32)13-11-19)16-26-29(36)34(30(37)40-26)17-27(35)33-24-9-6-5-8-23(24)31/h3,5-6,8-16H,1,4,7,17-18H2,2H3,(H,33,35)/b26-16-. The smallest absolute Gasteiger partial charge is 0.294 e. The van der Waals surface area contributed by atoms with Crippen molar-refractivity contribution in [2.24, 2.45) is 0 Å². The predicted octanol–water partition coefficient (Wildman–Crippen LogP) is 7.48. The van der Waals surface area contributed by atoms with Crippen LogP contribution in [0, 0.1) is 0 Å². The van der Waals surface area contributed by atoms with Crippen LogP contribution in [0.15, 0.2) is 82.7 Å². The number of para-hydroxylation sites is 1. The number of carbonyl (C=O) groups is 3. The fraction of sp³-hybridized carbons (Fsp3) is 0.167. The lowest BCUT2D eigenvalue weighted by Gasteiger charge is -2.17. The molecule has 0 bridgehead atoms. The number of thioether (sulfide) groups is 1. The van der Waals surface area contributed by atoms with Crippen LogP contribution in [0.2, 0.25) is 5.02 Å². The summed E-state index contributed by atoms with van der Waals surface area (Å²) in [7, 11) is 0. The van der Waals surface area contributed by atoms with E-state index in [4.69, 9.17) is 21.1 Å². The van der Waals surface area contributed by atoms with Crippen molar-refractivity contribution in [3.05, 3.63) is 104 Å². The molecule has 10 heteroatoms. The number of carbonyl (C=O) groups excluding carboxylic acids is 3. The van der Waals surface area contributed by atoms with E-state index in [1.54, 1.807) is 48.6 Å². The number of ether oxygens (including phenoxy) is 2. The number of allylic oxidation sites excluding steroid dienone is 1. The molecule has 3 aromatic rings. The molecule has 1 saturated heterocycles. The van der Waals surface area contributed by atoms with Gasteiger partial charge in [-0.1, -0.05) is 41.9 Å². The molecule has 0 saturated carbocycles. The topological polar surface area (TPSA) is 84.9 Å². The Morgan fingerprint density at radius 3 is 2.58 bits per heavy atom. The summed E-state index contributed by atoms with van der Waals surface area (Å²) in [6, 6.07) is 18.1. The first-order chi connectivity index (χ1) is 19.3. The van der Waals surface area contributed by atoms with Crippen LogP contribution in [0.25, 0.3) is 6.08 Å². The van der Waals surface area contributed by atoms with Crippen molar-refractivity contribution in [3.63, 3.8) is 0 Å². The molecule has 1 aliphatic rings. The van der Waals surface area contributed by atoms with Gasteiger partial charge in [0.05, 0.1) is 17.2 Å². The van der Waals surface area contributed by atoms with Crippen LogP contribution in [-0.2, 0) is 22.6 Å². The minimum absolute atomic E-state index is 0.209. The van der Waals surface area contributed by atoms with Crippen molar-refractivity contribution in [1.29, 1.82) is 0 Å². The van der Waals surface area contributed by atoms with Crippen LogP contribution in [-0.4, -0.2) is 35.1 Å². The quantitative estimate of drug-likeness (QED) is 0.173. The number of anilines is 1. The summed E-state index contributed by atoms with van der Waals surface area (Å²) in [6.45, 7) is 6.03. The lowest BCUT2D eigenvalue weighted by molar-refractivity contribution is -0.127. The molecule has 1 heterocycles. The Morgan fingerprint density at radius 2 is 1.88 bits per heavy atom. The maximum absolute atomic E-state index is 13.1. The third-order valence-electron chi connectivity index (χ3n) is 5.74. The fourth-order valence-corrected chi connectivity index (χ4v) is 5.27. The van der Waals surface area contributed by atoms with Gasteiger partial charge in [0, 0.05) is 15.1 Å². The summed E-state index contributed by atoms with van der Waals surface area (Å²) < 4.78 is 12.7. The number of nitrogens with one attached hydrogen (secondary N) is 1. The molecule has 0 atom stereocenters. The van der Waals surface area contributed by atoms with Gasteiger partial charge in [-0.15, -0.1) is 6.58 Å². The molecule has 7 nitrogen and oxygen atoms in total. The second-order valence-electron chi connectivity index (χ2n) is 8.64. The second kappa shape index (κ2) is 13.7. The van der Waals surface area contributed by atoms with Gasteiger partial charge >= 0.3 is 0 Å². The Balaban J connectivity index is 1.55. The molecule has 0 aliphatic carbocycles. The van der Waals surface area contributed by atoms with Gasteiger partial charge < -0.3 is 14.8 Å². The summed E-state index contributed by atoms with van der Waals surface area (Å²) in [4.78, 5) is 39.5. The van der Waals surface area contributed by atoms with Gasteiger partial charge in [-0.25, -0.2) is 0 Å². The summed E-state index contributed by atoms with van der Waals surface area (Å²) in [5.74, 6) is 0.0629. The Labute approximate surface area is 250 Å². The first-order valence-electron chi connectivity index (χ1n) is 12.4. The van der Waals surface area contributed by atoms with E-state index in [1.807, 2.05) is 31.2 Å². The predicted molar refractivity (Wildman–Crippen MR) is 163 cm³/mol. The van der Waals surface area contributed by atoms with E-state index in [1.165, 1.54) is 0 Å². The van der Waals surface area contributed by atoms with Crippen LogP contribution in [0.5, 0.6) is 11.5 Å². The van der Waals surface area contributed by atoms with Crippen LogP contribution in [0.1, 0.15) is 23.6 Å². The number of imide groups is 1. The van der Waals surface area contributed by atoms with E-state index in [9.17, 15) is 14.4 Å². The van der Waals surface area contributed by atoms with Gasteiger partial charge in [-0.05, 0) is 94.6 Å². The van der Waals surface area contributed by atoms with Crippen molar-refractivity contribution in [2.45, 2.75) is 20.0 Å². The number of amides is 3. The Bertz CT molecular complexity index is 1480. The zero-order valence-corrected chi connectivity index (χ0v) is 24.8. The van der Waals surface area contributed by atoms with E-state index in [0.717, 1.165) is 27.8 Å². The van der Waals surface area contributed by atoms with Gasteiger partial charge in [0.2, 0.25) is 5.91 Å². The van der Waals surface area contributed by atoms with Crippen molar-refractivity contribution in [1.82, 2.24) is 4.90 Å². The zero-order valence-electron chi connectivity index (χ0n) is 21.6. The highest BCUT2D eigenvalue weighted by molar-refractivity contribution is 9.10. The average molecular weight is 642 g/mol.